The molecule has 0 atom stereocenters. The lowest BCUT2D eigenvalue weighted by Gasteiger charge is -2.12. The first kappa shape index (κ1) is 24.4. The smallest absolute Gasteiger partial charge is 0.258 e. The van der Waals surface area contributed by atoms with Crippen LogP contribution in [0.2, 0.25) is 0 Å². The Kier molecular flexibility index (Phi) is 7.36. The molecule has 0 aliphatic rings. The Bertz CT molecular complexity index is 1540. The van der Waals surface area contributed by atoms with Gasteiger partial charge in [-0.3, -0.25) is 4.79 Å². The second-order valence-electron chi connectivity index (χ2n) is 9.21. The number of aromatic nitrogens is 2. The lowest BCUT2D eigenvalue weighted by molar-refractivity contribution is -0.123. The number of rotatable bonds is 10. The molecular weight excluding hydrogens is 462 g/mol. The number of para-hydroxylation sites is 2. The van der Waals surface area contributed by atoms with Gasteiger partial charge in [-0.25, -0.2) is 4.98 Å². The summed E-state index contributed by atoms with van der Waals surface area (Å²) >= 11 is 0. The van der Waals surface area contributed by atoms with Crippen LogP contribution in [0.3, 0.4) is 0 Å². The normalized spacial score (nSPS) is 11.1. The highest BCUT2D eigenvalue weighted by atomic mass is 16.5. The summed E-state index contributed by atoms with van der Waals surface area (Å²) in [5.74, 6) is 2.23. The summed E-state index contributed by atoms with van der Waals surface area (Å²) in [7, 11) is 0. The molecule has 6 heteroatoms. The third-order valence-corrected chi connectivity index (χ3v) is 6.40. The standard InChI is InChI=1S/C31H31N3O3/c1-22-12-13-23(2)29(18-22)37-21-31(35)32-20-30-33-27-10-5-6-11-28(27)34(30)16-7-17-36-26-15-14-24-8-3-4-9-25(24)19-26/h3-6,8-15,18-19H,7,16-17,20-21H2,1-2H3,(H,32,35). The molecule has 0 spiro atoms. The summed E-state index contributed by atoms with van der Waals surface area (Å²) in [6.07, 6.45) is 0.809. The van der Waals surface area contributed by atoms with E-state index in [0.717, 1.165) is 52.4 Å². The van der Waals surface area contributed by atoms with Crippen LogP contribution in [-0.4, -0.2) is 28.7 Å². The van der Waals surface area contributed by atoms with Crippen LogP contribution >= 0.6 is 0 Å². The van der Waals surface area contributed by atoms with E-state index in [4.69, 9.17) is 14.5 Å². The molecule has 0 bridgehead atoms. The van der Waals surface area contributed by atoms with Crippen molar-refractivity contribution in [3.8, 4) is 11.5 Å². The zero-order valence-electron chi connectivity index (χ0n) is 21.2. The molecule has 0 unspecified atom stereocenters. The number of nitrogens with zero attached hydrogens (tertiary/aromatic N) is 2. The summed E-state index contributed by atoms with van der Waals surface area (Å²) in [4.78, 5) is 17.3. The molecular formula is C31H31N3O3. The molecule has 1 N–H and O–H groups in total. The van der Waals surface area contributed by atoms with Crippen LogP contribution in [0, 0.1) is 13.8 Å². The lowest BCUT2D eigenvalue weighted by Crippen LogP contribution is -2.29. The molecule has 188 valence electrons. The van der Waals surface area contributed by atoms with E-state index in [1.54, 1.807) is 0 Å². The quantitative estimate of drug-likeness (QED) is 0.244. The van der Waals surface area contributed by atoms with Crippen molar-refractivity contribution < 1.29 is 14.3 Å². The molecule has 5 aromatic rings. The predicted molar refractivity (Wildman–Crippen MR) is 147 cm³/mol. The number of nitrogens with one attached hydrogen (secondary N) is 1. The van der Waals surface area contributed by atoms with Crippen molar-refractivity contribution in [1.29, 1.82) is 0 Å². The highest BCUT2D eigenvalue weighted by Crippen LogP contribution is 2.22. The fourth-order valence-corrected chi connectivity index (χ4v) is 4.41. The maximum absolute atomic E-state index is 12.5. The first-order valence-corrected chi connectivity index (χ1v) is 12.6. The second kappa shape index (κ2) is 11.2. The van der Waals surface area contributed by atoms with Gasteiger partial charge in [0.25, 0.3) is 5.91 Å². The van der Waals surface area contributed by atoms with E-state index >= 15 is 0 Å². The Morgan fingerprint density at radius 3 is 2.59 bits per heavy atom. The SMILES string of the molecule is Cc1ccc(C)c(OCC(=O)NCc2nc3ccccc3n2CCCOc2ccc3ccccc3c2)c1. The van der Waals surface area contributed by atoms with Crippen LogP contribution in [0.15, 0.2) is 84.9 Å². The highest BCUT2D eigenvalue weighted by Gasteiger charge is 2.12. The summed E-state index contributed by atoms with van der Waals surface area (Å²) in [6.45, 7) is 5.58. The Labute approximate surface area is 216 Å². The maximum atomic E-state index is 12.5. The van der Waals surface area contributed by atoms with Crippen molar-refractivity contribution in [2.75, 3.05) is 13.2 Å². The maximum Gasteiger partial charge on any atom is 0.258 e. The minimum Gasteiger partial charge on any atom is -0.494 e. The number of aryl methyl sites for hydroxylation is 3. The van der Waals surface area contributed by atoms with Gasteiger partial charge >= 0.3 is 0 Å². The van der Waals surface area contributed by atoms with Crippen molar-refractivity contribution in [3.05, 3.63) is 102 Å². The molecule has 0 fully saturated rings. The number of carbonyl (C=O) groups excluding carboxylic acids is 1. The number of hydrogen-bond acceptors (Lipinski definition) is 4. The molecule has 4 aromatic carbocycles. The molecule has 1 aromatic heterocycles. The van der Waals surface area contributed by atoms with Crippen molar-refractivity contribution >= 4 is 27.7 Å². The van der Waals surface area contributed by atoms with E-state index in [9.17, 15) is 4.79 Å². The summed E-state index contributed by atoms with van der Waals surface area (Å²) in [5.41, 5.74) is 4.06. The van der Waals surface area contributed by atoms with Gasteiger partial charge in [-0.05, 0) is 72.5 Å². The molecule has 0 saturated heterocycles. The lowest BCUT2D eigenvalue weighted by atomic mass is 10.1. The predicted octanol–water partition coefficient (Wildman–Crippen LogP) is 5.97. The molecule has 0 radical (unpaired) electrons. The highest BCUT2D eigenvalue weighted by molar-refractivity contribution is 5.83. The van der Waals surface area contributed by atoms with E-state index < -0.39 is 0 Å². The Morgan fingerprint density at radius 1 is 0.892 bits per heavy atom. The topological polar surface area (TPSA) is 65.4 Å². The van der Waals surface area contributed by atoms with E-state index in [0.29, 0.717) is 13.2 Å². The van der Waals surface area contributed by atoms with E-state index in [1.807, 2.05) is 68.4 Å². The van der Waals surface area contributed by atoms with Gasteiger partial charge in [0, 0.05) is 6.54 Å². The summed E-state index contributed by atoms with van der Waals surface area (Å²) < 4.78 is 13.9. The number of ether oxygens (including phenoxy) is 2. The molecule has 0 aliphatic heterocycles. The van der Waals surface area contributed by atoms with Crippen molar-refractivity contribution in [1.82, 2.24) is 14.9 Å². The van der Waals surface area contributed by atoms with Crippen LogP contribution in [0.4, 0.5) is 0 Å². The minimum absolute atomic E-state index is 0.0376. The van der Waals surface area contributed by atoms with E-state index in [-0.39, 0.29) is 12.5 Å². The molecule has 37 heavy (non-hydrogen) atoms. The second-order valence-corrected chi connectivity index (χ2v) is 9.21. The third-order valence-electron chi connectivity index (χ3n) is 6.40. The number of benzene rings is 4. The zero-order chi connectivity index (χ0) is 25.6. The molecule has 6 nitrogen and oxygen atoms in total. The largest absolute Gasteiger partial charge is 0.494 e. The van der Waals surface area contributed by atoms with Gasteiger partial charge in [0.05, 0.1) is 24.2 Å². The number of carbonyl (C=O) groups is 1. The van der Waals surface area contributed by atoms with Gasteiger partial charge in [0.1, 0.15) is 17.3 Å². The zero-order valence-corrected chi connectivity index (χ0v) is 21.2. The van der Waals surface area contributed by atoms with Gasteiger partial charge in [-0.1, -0.05) is 54.6 Å². The van der Waals surface area contributed by atoms with Crippen molar-refractivity contribution in [2.24, 2.45) is 0 Å². The fourth-order valence-electron chi connectivity index (χ4n) is 4.41. The minimum atomic E-state index is -0.181. The van der Waals surface area contributed by atoms with Crippen LogP contribution < -0.4 is 14.8 Å². The monoisotopic (exact) mass is 493 g/mol. The Hall–Kier alpha value is -4.32. The van der Waals surface area contributed by atoms with Gasteiger partial charge in [0.15, 0.2) is 6.61 Å². The van der Waals surface area contributed by atoms with E-state index in [2.05, 4.69) is 40.2 Å². The van der Waals surface area contributed by atoms with Crippen LogP contribution in [0.25, 0.3) is 21.8 Å². The third kappa shape index (κ3) is 5.92. The van der Waals surface area contributed by atoms with Crippen LogP contribution in [0.5, 0.6) is 11.5 Å². The Balaban J connectivity index is 1.19. The Morgan fingerprint density at radius 2 is 1.70 bits per heavy atom. The van der Waals surface area contributed by atoms with Crippen LogP contribution in [-0.2, 0) is 17.9 Å². The van der Waals surface area contributed by atoms with Crippen molar-refractivity contribution in [2.45, 2.75) is 33.4 Å². The molecule has 5 rings (SSSR count). The van der Waals surface area contributed by atoms with E-state index in [1.165, 1.54) is 10.8 Å². The molecule has 0 saturated carbocycles. The molecule has 1 heterocycles. The van der Waals surface area contributed by atoms with Gasteiger partial charge in [-0.2, -0.15) is 0 Å². The van der Waals surface area contributed by atoms with Gasteiger partial charge in [0.2, 0.25) is 0 Å². The average molecular weight is 494 g/mol. The van der Waals surface area contributed by atoms with Crippen LogP contribution in [0.1, 0.15) is 23.4 Å². The van der Waals surface area contributed by atoms with Gasteiger partial charge < -0.3 is 19.4 Å². The number of amides is 1. The first-order chi connectivity index (χ1) is 18.1. The first-order valence-electron chi connectivity index (χ1n) is 12.6. The number of imidazole rings is 1. The summed E-state index contributed by atoms with van der Waals surface area (Å²) in [5, 5.41) is 5.33. The average Bonchev–Trinajstić information content (AvgIpc) is 3.27. The van der Waals surface area contributed by atoms with Gasteiger partial charge in [-0.15, -0.1) is 0 Å². The number of hydrogen-bond donors (Lipinski definition) is 1. The van der Waals surface area contributed by atoms with Crippen molar-refractivity contribution in [3.63, 3.8) is 0 Å². The fraction of sp³-hybridized carbons (Fsp3) is 0.226. The number of fused-ring (bicyclic) bond motifs is 2. The molecule has 0 aliphatic carbocycles. The summed E-state index contributed by atoms with van der Waals surface area (Å²) in [6, 6.07) is 28.4. The molecule has 1 amide bonds.